The van der Waals surface area contributed by atoms with Gasteiger partial charge in [0.1, 0.15) is 79.5 Å². The smallest absolute Gasteiger partial charge is 0.335 e. The number of methoxy groups -OCH3 is 1. The topological polar surface area (TPSA) is 637 Å². The molecule has 4 aliphatic rings. The molecule has 113 heavy (non-hydrogen) atoms. The van der Waals surface area contributed by atoms with Crippen molar-refractivity contribution in [2.24, 2.45) is 23.3 Å². The van der Waals surface area contributed by atoms with E-state index in [0.29, 0.717) is 51.5 Å². The standard InChI is InChI=1S/C36H54N6O14.C35H50N6O16/c1-20-15-28(46)42(34(20)51)22(17-37)7-3-4-9-26(44)40-23(8-5-6-13-38-2)33(50)39-14-12-27(45)41-24-16-21(18-54-19-43)10-11-25(24)55-36-31(49)29(47)30(48)32(56-36)35(52)53;1-18-13-26(45)41(33(18)51)22(15-36)32(50)40-20(5-3-4-10-37-24(43)9-12-54-2)31(49)38-11-8-25(44)39-21-14-19(16-55-17-42)6-7-23(21)56-35-29(48)27(46)28(47)30(57-35)34(52)53/h10-11,16,19-20,22-23,29-32,36,38,47-49H,3-9,12-15,17-18,37H2,1-2H3,(H,39,50)(H,40,44)(H,41,45)(H,52,53);6-7,14,17-18,20,22,27-30,35,46-48H,3-5,8-13,15-16,36H2,1-2H3,(H,37,43)(H,38,49)(H,39,44)(H,40,50)(H,52,53)/t20?,22?,23?,29-,30-,31+,32-,36+;18?,20?,22?,27-,28-,29+,30-,35+/m00/s1/i19D;17D. The van der Waals surface area contributed by atoms with E-state index in [9.17, 15) is 113 Å². The van der Waals surface area contributed by atoms with Crippen molar-refractivity contribution in [1.29, 1.82) is 0 Å². The van der Waals surface area contributed by atoms with Gasteiger partial charge < -0.3 is 128 Å². The molecule has 0 bridgehead atoms. The highest BCUT2D eigenvalue weighted by Crippen LogP contribution is 2.34. The van der Waals surface area contributed by atoms with Gasteiger partial charge in [0.15, 0.2) is 14.9 Å². The van der Waals surface area contributed by atoms with Crippen LogP contribution in [0.1, 0.15) is 124 Å². The number of amides is 11. The van der Waals surface area contributed by atoms with Crippen molar-refractivity contribution in [2.75, 3.05) is 70.7 Å². The van der Waals surface area contributed by atoms with Crippen molar-refractivity contribution in [1.82, 2.24) is 41.7 Å². The summed E-state index contributed by atoms with van der Waals surface area (Å²) in [7, 11) is 3.25. The summed E-state index contributed by atoms with van der Waals surface area (Å²) < 4.78 is 49.7. The molecule has 0 spiro atoms. The van der Waals surface area contributed by atoms with Gasteiger partial charge >= 0.3 is 11.9 Å². The van der Waals surface area contributed by atoms with Crippen LogP contribution < -0.4 is 63.5 Å². The van der Waals surface area contributed by atoms with E-state index in [1.165, 1.54) is 55.3 Å². The second-order valence-corrected chi connectivity index (χ2v) is 27.0. The van der Waals surface area contributed by atoms with Crippen molar-refractivity contribution in [3.63, 3.8) is 0 Å². The molecule has 20 N–H and O–H groups in total. The van der Waals surface area contributed by atoms with Crippen molar-refractivity contribution in [3.8, 4) is 11.5 Å². The van der Waals surface area contributed by atoms with E-state index in [4.69, 9.17) is 37.9 Å². The lowest BCUT2D eigenvalue weighted by Gasteiger charge is -2.38. The number of anilines is 2. The number of unbranched alkanes of at least 4 members (excludes halogenated alkanes) is 3. The van der Waals surface area contributed by atoms with Gasteiger partial charge in [-0.15, -0.1) is 0 Å². The first-order valence-electron chi connectivity index (χ1n) is 37.5. The zero-order valence-corrected chi connectivity index (χ0v) is 62.8. The fraction of sp³-hybridized carbons (Fsp3) is 0.620. The number of likely N-dealkylation sites (tertiary alicyclic amines) is 2. The molecule has 0 radical (unpaired) electrons. The fourth-order valence-electron chi connectivity index (χ4n) is 12.2. The van der Waals surface area contributed by atoms with Crippen molar-refractivity contribution >= 4 is 101 Å². The van der Waals surface area contributed by atoms with Crippen LogP contribution >= 0.6 is 0 Å². The minimum absolute atomic E-state index is 0.0488. The summed E-state index contributed by atoms with van der Waals surface area (Å²) in [5.41, 5.74) is 12.0. The van der Waals surface area contributed by atoms with Gasteiger partial charge in [0, 0.05) is 90.2 Å². The maximum absolute atomic E-state index is 13.4. The summed E-state index contributed by atoms with van der Waals surface area (Å²) in [6.07, 6.45) is -18.6. The predicted octanol–water partition coefficient (Wildman–Crippen LogP) is -5.16. The largest absolute Gasteiger partial charge is 0.479 e. The van der Waals surface area contributed by atoms with E-state index in [1.54, 1.807) is 14.0 Å². The van der Waals surface area contributed by atoms with E-state index < -0.39 is 171 Å². The number of nitrogens with two attached hydrogens (primary N) is 2. The molecule has 4 heterocycles. The molecule has 42 nitrogen and oxygen atoms in total. The third-order valence-electron chi connectivity index (χ3n) is 18.4. The highest BCUT2D eigenvalue weighted by Gasteiger charge is 2.50. The van der Waals surface area contributed by atoms with Crippen molar-refractivity contribution in [2.45, 2.75) is 209 Å². The molecular weight excluding hydrogens is 1500 g/mol. The van der Waals surface area contributed by atoms with Gasteiger partial charge in [-0.1, -0.05) is 32.4 Å². The fourth-order valence-corrected chi connectivity index (χ4v) is 12.2. The Morgan fingerprint density at radius 1 is 0.549 bits per heavy atom. The molecule has 4 fully saturated rings. The molecule has 2 aromatic rings. The number of carbonyl (C=O) groups is 15. The van der Waals surface area contributed by atoms with Gasteiger partial charge in [0.25, 0.3) is 12.9 Å². The maximum atomic E-state index is 13.4. The van der Waals surface area contributed by atoms with Crippen LogP contribution in [0.25, 0.3) is 0 Å². The van der Waals surface area contributed by atoms with Crippen molar-refractivity contribution < 1.29 is 149 Å². The number of carboxylic acids is 2. The summed E-state index contributed by atoms with van der Waals surface area (Å²) in [4.78, 5) is 188. The number of aliphatic carboxylic acids is 2. The highest BCUT2D eigenvalue weighted by molar-refractivity contribution is 6.07. The average molecular weight is 1610 g/mol. The SMILES string of the molecule is [2H]C(=O)OCc1ccc(O[C@@H]2O[C@H](C(=O)O)[C@@H](O)[C@H](O)[C@H]2O)c(NC(=O)CCNC(=O)C(CCCCNC(=O)CCOC)NC(=O)C(CN)N2C(=O)CC(C)C2=O)c1.[2H]C(=O)OCc1ccc(O[C@@H]2O[C@H](C(=O)O)[C@@H](O)[C@H](O)[C@H]2O)c(NC(=O)CCNC(=O)C(CCCCNC)NC(=O)CCCCC(CN)N2C(=O)CC(C)C2=O)c1. The number of carboxylic acid groups (broad SMARTS) is 2. The number of nitrogens with one attached hydrogen (secondary N) is 8. The zero-order valence-electron chi connectivity index (χ0n) is 64.8. The number of aliphatic hydroxyl groups is 6. The van der Waals surface area contributed by atoms with Crippen LogP contribution in [0.3, 0.4) is 0 Å². The molecular formula is C71H104N12O30. The number of benzene rings is 2. The Labute approximate surface area is 651 Å². The van der Waals surface area contributed by atoms with E-state index in [1.807, 2.05) is 0 Å². The first-order chi connectivity index (χ1) is 54.5. The molecule has 0 saturated carbocycles. The molecule has 4 saturated heterocycles. The third kappa shape index (κ3) is 28.6. The molecule has 0 aliphatic carbocycles. The van der Waals surface area contributed by atoms with Gasteiger partial charge in [-0.3, -0.25) is 72.1 Å². The van der Waals surface area contributed by atoms with E-state index in [-0.39, 0.29) is 148 Å². The minimum atomic E-state index is -2.00. The molecule has 16 atom stereocenters. The first-order valence-corrected chi connectivity index (χ1v) is 36.5. The van der Waals surface area contributed by atoms with Crippen LogP contribution in [0, 0.1) is 11.8 Å². The number of aliphatic hydroxyl groups excluding tert-OH is 6. The summed E-state index contributed by atoms with van der Waals surface area (Å²) in [6.45, 7) is 2.88. The van der Waals surface area contributed by atoms with Crippen LogP contribution in [0.2, 0.25) is 0 Å². The Hall–Kier alpha value is -9.99. The second-order valence-electron chi connectivity index (χ2n) is 27.0. The quantitative estimate of drug-likeness (QED) is 0.0167. The lowest BCUT2D eigenvalue weighted by atomic mass is 9.99. The van der Waals surface area contributed by atoms with Crippen LogP contribution in [0.5, 0.6) is 11.5 Å². The number of ether oxygens (including phenoxy) is 7. The van der Waals surface area contributed by atoms with Gasteiger partial charge in [0.05, 0.1) is 24.0 Å². The van der Waals surface area contributed by atoms with Crippen LogP contribution in [-0.2, 0) is 109 Å². The van der Waals surface area contributed by atoms with Crippen LogP contribution in [-0.4, -0.2) is 286 Å². The van der Waals surface area contributed by atoms with Gasteiger partial charge in [-0.25, -0.2) is 9.59 Å². The maximum Gasteiger partial charge on any atom is 0.335 e. The summed E-state index contributed by atoms with van der Waals surface area (Å²) in [5, 5.41) is 101. The number of imide groups is 2. The minimum Gasteiger partial charge on any atom is -0.479 e. The molecule has 628 valence electrons. The lowest BCUT2D eigenvalue weighted by molar-refractivity contribution is -0.271. The lowest BCUT2D eigenvalue weighted by Crippen LogP contribution is -2.61. The Balaban J connectivity index is 0.000000411. The highest BCUT2D eigenvalue weighted by atomic mass is 16.7. The average Bonchev–Trinajstić information content (AvgIpc) is 1.33. The van der Waals surface area contributed by atoms with Crippen LogP contribution in [0.4, 0.5) is 11.4 Å². The van der Waals surface area contributed by atoms with E-state index >= 15 is 0 Å². The molecule has 11 amide bonds. The normalized spacial score (nSPS) is 23.3. The molecule has 2 aromatic carbocycles. The number of carbonyl (C=O) groups excluding carboxylic acids is 13. The van der Waals surface area contributed by atoms with Crippen LogP contribution in [0.15, 0.2) is 36.4 Å². The third-order valence-corrected chi connectivity index (χ3v) is 18.4. The number of hydrogen-bond donors (Lipinski definition) is 18. The first kappa shape index (κ1) is 90.2. The van der Waals surface area contributed by atoms with Gasteiger partial charge in [0.2, 0.25) is 77.6 Å². The Morgan fingerprint density at radius 2 is 1.01 bits per heavy atom. The van der Waals surface area contributed by atoms with Crippen molar-refractivity contribution in [3.05, 3.63) is 47.5 Å². The Morgan fingerprint density at radius 3 is 1.43 bits per heavy atom. The zero-order chi connectivity index (χ0) is 85.3. The monoisotopic (exact) mass is 1610 g/mol. The summed E-state index contributed by atoms with van der Waals surface area (Å²) in [6, 6.07) is 3.83. The number of rotatable bonds is 45. The number of hydrogen-bond acceptors (Lipinski definition) is 31. The summed E-state index contributed by atoms with van der Waals surface area (Å²) >= 11 is 0. The second kappa shape index (κ2) is 47.5. The molecule has 6 rings (SSSR count). The predicted molar refractivity (Wildman–Crippen MR) is 387 cm³/mol. The molecule has 0 aromatic heterocycles. The van der Waals surface area contributed by atoms with E-state index in [0.717, 1.165) is 11.3 Å². The molecule has 4 aliphatic heterocycles. The van der Waals surface area contributed by atoms with E-state index in [2.05, 4.69) is 52.0 Å². The Kier molecular flexibility index (Phi) is 37.9. The summed E-state index contributed by atoms with van der Waals surface area (Å²) in [5.74, 6) is -10.5. The molecule has 42 heteroatoms. The Bertz CT molecular complexity index is 3720. The van der Waals surface area contributed by atoms with Gasteiger partial charge in [-0.2, -0.15) is 0 Å². The number of nitrogens with zero attached hydrogens (tertiary/aromatic N) is 2. The molecule has 6 unspecified atom stereocenters. The van der Waals surface area contributed by atoms with Gasteiger partial charge in [-0.05, 0) is 100 Å².